The number of carbonyl (C=O) groups excluding carboxylic acids is 1. The molecule has 0 saturated heterocycles. The van der Waals surface area contributed by atoms with Crippen LogP contribution in [0.1, 0.15) is 24.0 Å². The fourth-order valence-corrected chi connectivity index (χ4v) is 5.10. The number of pyridine rings is 1. The molecule has 2 heterocycles. The molecule has 2 aromatic heterocycles. The number of imidazole rings is 1. The highest BCUT2D eigenvalue weighted by Crippen LogP contribution is 2.34. The van der Waals surface area contributed by atoms with Crippen molar-refractivity contribution in [2.24, 2.45) is 0 Å². The molecule has 8 nitrogen and oxygen atoms in total. The first-order valence-electron chi connectivity index (χ1n) is 13.7. The number of likely N-dealkylation sites (N-methyl/N-ethyl adjacent to an activating group) is 1. The Labute approximate surface area is 234 Å². The van der Waals surface area contributed by atoms with Crippen molar-refractivity contribution in [1.29, 1.82) is 0 Å². The van der Waals surface area contributed by atoms with E-state index in [1.54, 1.807) is 0 Å². The van der Waals surface area contributed by atoms with Gasteiger partial charge in [0.05, 0.1) is 24.0 Å². The molecule has 5 rings (SSSR count). The van der Waals surface area contributed by atoms with Crippen molar-refractivity contribution in [2.45, 2.75) is 25.0 Å². The van der Waals surface area contributed by atoms with Crippen LogP contribution in [0.2, 0.25) is 0 Å². The van der Waals surface area contributed by atoms with E-state index in [0.717, 1.165) is 52.4 Å². The third-order valence-electron chi connectivity index (χ3n) is 7.13. The number of unbranched alkanes of at least 4 members (excludes halogenated alkanes) is 1. The predicted molar refractivity (Wildman–Crippen MR) is 160 cm³/mol. The fraction of sp³-hybridized carbons (Fsp3) is 0.281. The van der Waals surface area contributed by atoms with Crippen molar-refractivity contribution in [3.8, 4) is 0 Å². The van der Waals surface area contributed by atoms with Gasteiger partial charge in [-0.1, -0.05) is 78.9 Å². The van der Waals surface area contributed by atoms with Crippen molar-refractivity contribution >= 4 is 33.7 Å². The number of nitrogens with two attached hydrogens (primary N) is 1. The Bertz CT molecular complexity index is 1530. The van der Waals surface area contributed by atoms with E-state index in [0.29, 0.717) is 25.5 Å². The van der Waals surface area contributed by atoms with Gasteiger partial charge in [-0.2, -0.15) is 0 Å². The maximum atomic E-state index is 14.0. The molecular formula is C32H36N6O2. The molecule has 0 fully saturated rings. The Hall–Kier alpha value is -4.27. The molecular weight excluding hydrogens is 500 g/mol. The Balaban J connectivity index is 1.31. The third-order valence-corrected chi connectivity index (χ3v) is 7.13. The van der Waals surface area contributed by atoms with Crippen molar-refractivity contribution in [2.75, 3.05) is 39.5 Å². The van der Waals surface area contributed by atoms with E-state index in [2.05, 4.69) is 19.9 Å². The summed E-state index contributed by atoms with van der Waals surface area (Å²) >= 11 is 0. The number of rotatable bonds is 12. The SMILES string of the molecule is CN(C)CCOC(C(=O)NCCCCn1cnc2c(N)nc3ccccc3c21)(c1ccccc1)c1ccccc1. The second kappa shape index (κ2) is 12.3. The molecule has 0 aliphatic rings. The number of amides is 1. The minimum absolute atomic E-state index is 0.165. The number of fused-ring (bicyclic) bond motifs is 3. The van der Waals surface area contributed by atoms with E-state index < -0.39 is 5.60 Å². The number of aryl methyl sites for hydroxylation is 1. The lowest BCUT2D eigenvalue weighted by Gasteiger charge is -2.34. The van der Waals surface area contributed by atoms with Crippen LogP contribution in [0.3, 0.4) is 0 Å². The van der Waals surface area contributed by atoms with Gasteiger partial charge in [-0.15, -0.1) is 0 Å². The van der Waals surface area contributed by atoms with Gasteiger partial charge < -0.3 is 25.3 Å². The topological polar surface area (TPSA) is 98.3 Å². The van der Waals surface area contributed by atoms with Crippen LogP contribution in [0.5, 0.6) is 0 Å². The molecule has 1 amide bonds. The summed E-state index contributed by atoms with van der Waals surface area (Å²) in [6.45, 7) is 2.38. The number of hydrogen-bond acceptors (Lipinski definition) is 6. The van der Waals surface area contributed by atoms with E-state index in [1.165, 1.54) is 0 Å². The molecule has 0 aliphatic carbocycles. The van der Waals surface area contributed by atoms with Gasteiger partial charge in [0.1, 0.15) is 5.52 Å². The van der Waals surface area contributed by atoms with Gasteiger partial charge in [-0.05, 0) is 44.1 Å². The summed E-state index contributed by atoms with van der Waals surface area (Å²) < 4.78 is 8.63. The average molecular weight is 537 g/mol. The molecule has 0 aliphatic heterocycles. The Morgan fingerprint density at radius 1 is 0.950 bits per heavy atom. The number of ether oxygens (including phenoxy) is 1. The van der Waals surface area contributed by atoms with E-state index in [-0.39, 0.29) is 5.91 Å². The number of hydrogen-bond donors (Lipinski definition) is 2. The second-order valence-corrected chi connectivity index (χ2v) is 10.2. The van der Waals surface area contributed by atoms with Crippen LogP contribution in [0.25, 0.3) is 21.9 Å². The van der Waals surface area contributed by atoms with Gasteiger partial charge in [-0.3, -0.25) is 4.79 Å². The zero-order valence-electron chi connectivity index (χ0n) is 23.1. The van der Waals surface area contributed by atoms with E-state index in [1.807, 2.05) is 110 Å². The van der Waals surface area contributed by atoms with Crippen molar-refractivity contribution < 1.29 is 9.53 Å². The van der Waals surface area contributed by atoms with Gasteiger partial charge in [0, 0.05) is 25.0 Å². The van der Waals surface area contributed by atoms with E-state index in [4.69, 9.17) is 10.5 Å². The molecule has 3 aromatic carbocycles. The highest BCUT2D eigenvalue weighted by Gasteiger charge is 2.43. The molecule has 0 radical (unpaired) electrons. The van der Waals surface area contributed by atoms with Crippen molar-refractivity contribution in [3.63, 3.8) is 0 Å². The molecule has 8 heteroatoms. The van der Waals surface area contributed by atoms with Crippen LogP contribution in [-0.4, -0.2) is 59.1 Å². The highest BCUT2D eigenvalue weighted by molar-refractivity contribution is 6.06. The maximum absolute atomic E-state index is 14.0. The molecule has 5 aromatic rings. The quantitative estimate of drug-likeness (QED) is 0.227. The van der Waals surface area contributed by atoms with Crippen LogP contribution in [0, 0.1) is 0 Å². The number of anilines is 1. The van der Waals surface area contributed by atoms with E-state index in [9.17, 15) is 4.79 Å². The molecule has 206 valence electrons. The summed E-state index contributed by atoms with van der Waals surface area (Å²) in [5.74, 6) is 0.272. The van der Waals surface area contributed by atoms with Crippen LogP contribution in [0.4, 0.5) is 5.82 Å². The number of carbonyl (C=O) groups is 1. The first-order valence-corrected chi connectivity index (χ1v) is 13.7. The average Bonchev–Trinajstić information content (AvgIpc) is 3.41. The number of nitrogen functional groups attached to an aromatic ring is 1. The first kappa shape index (κ1) is 27.3. The Morgan fingerprint density at radius 2 is 1.60 bits per heavy atom. The monoisotopic (exact) mass is 536 g/mol. The lowest BCUT2D eigenvalue weighted by molar-refractivity contribution is -0.143. The first-order chi connectivity index (χ1) is 19.5. The van der Waals surface area contributed by atoms with Crippen LogP contribution in [0.15, 0.2) is 91.3 Å². The molecule has 0 unspecified atom stereocenters. The van der Waals surface area contributed by atoms with Crippen LogP contribution >= 0.6 is 0 Å². The lowest BCUT2D eigenvalue weighted by atomic mass is 9.85. The summed E-state index contributed by atoms with van der Waals surface area (Å²) in [7, 11) is 3.99. The van der Waals surface area contributed by atoms with Gasteiger partial charge in [0.15, 0.2) is 11.4 Å². The van der Waals surface area contributed by atoms with Crippen molar-refractivity contribution in [3.05, 3.63) is 102 Å². The largest absolute Gasteiger partial charge is 0.382 e. The molecule has 0 saturated carbocycles. The minimum Gasteiger partial charge on any atom is -0.382 e. The second-order valence-electron chi connectivity index (χ2n) is 10.2. The molecule has 0 atom stereocenters. The number of benzene rings is 3. The molecule has 0 spiro atoms. The summed E-state index contributed by atoms with van der Waals surface area (Å²) in [5, 5.41) is 4.21. The lowest BCUT2D eigenvalue weighted by Crippen LogP contribution is -2.48. The number of para-hydroxylation sites is 1. The normalized spacial score (nSPS) is 11.9. The van der Waals surface area contributed by atoms with Crippen LogP contribution in [-0.2, 0) is 21.7 Å². The fourth-order valence-electron chi connectivity index (χ4n) is 5.10. The Morgan fingerprint density at radius 3 is 2.27 bits per heavy atom. The smallest absolute Gasteiger partial charge is 0.261 e. The van der Waals surface area contributed by atoms with Crippen LogP contribution < -0.4 is 11.1 Å². The van der Waals surface area contributed by atoms with Crippen molar-refractivity contribution in [1.82, 2.24) is 24.8 Å². The zero-order chi connectivity index (χ0) is 28.0. The van der Waals surface area contributed by atoms with Gasteiger partial charge in [-0.25, -0.2) is 9.97 Å². The summed E-state index contributed by atoms with van der Waals surface area (Å²) in [6, 6.07) is 27.5. The predicted octanol–water partition coefficient (Wildman–Crippen LogP) is 4.59. The molecule has 0 bridgehead atoms. The zero-order valence-corrected chi connectivity index (χ0v) is 23.1. The Kier molecular flexibility index (Phi) is 8.38. The standard InChI is InChI=1S/C32H36N6O2/c1-37(2)21-22-40-32(24-13-5-3-6-14-24,25-15-7-4-8-16-25)31(39)34-19-11-12-20-38-23-35-28-29(38)26-17-9-10-18-27(26)36-30(28)33/h3-10,13-18,23H,11-12,19-22H2,1-2H3,(H2,33,36)(H,34,39). The molecule has 3 N–H and O–H groups in total. The van der Waals surface area contributed by atoms with Gasteiger partial charge in [0.25, 0.3) is 5.91 Å². The highest BCUT2D eigenvalue weighted by atomic mass is 16.5. The minimum atomic E-state index is -1.25. The third kappa shape index (κ3) is 5.54. The summed E-state index contributed by atoms with van der Waals surface area (Å²) in [4.78, 5) is 25.1. The van der Waals surface area contributed by atoms with Gasteiger partial charge in [0.2, 0.25) is 0 Å². The van der Waals surface area contributed by atoms with E-state index >= 15 is 0 Å². The summed E-state index contributed by atoms with van der Waals surface area (Å²) in [5.41, 5.74) is 9.12. The van der Waals surface area contributed by atoms with Gasteiger partial charge >= 0.3 is 0 Å². The summed E-state index contributed by atoms with van der Waals surface area (Å²) in [6.07, 6.45) is 3.47. The molecule has 40 heavy (non-hydrogen) atoms. The number of nitrogens with one attached hydrogen (secondary N) is 1. The number of aromatic nitrogens is 3. The maximum Gasteiger partial charge on any atom is 0.261 e. The number of nitrogens with zero attached hydrogens (tertiary/aromatic N) is 4.